The van der Waals surface area contributed by atoms with E-state index in [0.717, 1.165) is 66.4 Å². The van der Waals surface area contributed by atoms with Gasteiger partial charge >= 0.3 is 6.03 Å². The number of amides is 2. The minimum absolute atomic E-state index is 0.258. The number of hydrogen-bond donors (Lipinski definition) is 2. The molecular formula is C32H35N5O2. The van der Waals surface area contributed by atoms with Crippen LogP contribution in [0.2, 0.25) is 0 Å². The molecule has 0 atom stereocenters. The fourth-order valence-electron chi connectivity index (χ4n) is 4.64. The van der Waals surface area contributed by atoms with Crippen LogP contribution in [0.3, 0.4) is 0 Å². The van der Waals surface area contributed by atoms with E-state index in [1.165, 1.54) is 5.56 Å². The summed E-state index contributed by atoms with van der Waals surface area (Å²) in [5.74, 6) is 0.853. The topological polar surface area (TPSA) is 69.7 Å². The quantitative estimate of drug-likeness (QED) is 0.309. The van der Waals surface area contributed by atoms with E-state index in [1.54, 1.807) is 12.4 Å². The number of benzene rings is 3. The zero-order valence-corrected chi connectivity index (χ0v) is 22.3. The van der Waals surface area contributed by atoms with Crippen molar-refractivity contribution in [1.82, 2.24) is 20.1 Å². The number of carbonyl (C=O) groups is 1. The smallest absolute Gasteiger partial charge is 0.319 e. The van der Waals surface area contributed by atoms with Crippen LogP contribution in [-0.4, -0.2) is 54.0 Å². The lowest BCUT2D eigenvalue weighted by Gasteiger charge is -2.32. The summed E-state index contributed by atoms with van der Waals surface area (Å²) < 4.78 is 6.27. The van der Waals surface area contributed by atoms with Crippen molar-refractivity contribution in [3.05, 3.63) is 114 Å². The molecule has 3 aromatic carbocycles. The van der Waals surface area contributed by atoms with E-state index < -0.39 is 0 Å². The van der Waals surface area contributed by atoms with Crippen molar-refractivity contribution >= 4 is 11.7 Å². The molecule has 2 amide bonds. The Morgan fingerprint density at radius 2 is 1.67 bits per heavy atom. The first-order valence-electron chi connectivity index (χ1n) is 13.4. The van der Waals surface area contributed by atoms with Gasteiger partial charge in [-0.2, -0.15) is 0 Å². The average Bonchev–Trinajstić information content (AvgIpc) is 2.98. The highest BCUT2D eigenvalue weighted by atomic mass is 16.5. The van der Waals surface area contributed by atoms with Crippen molar-refractivity contribution < 1.29 is 9.53 Å². The first-order chi connectivity index (χ1) is 19.1. The van der Waals surface area contributed by atoms with E-state index in [1.807, 2.05) is 48.5 Å². The van der Waals surface area contributed by atoms with Gasteiger partial charge in [0.1, 0.15) is 12.4 Å². The van der Waals surface area contributed by atoms with Crippen LogP contribution in [-0.2, 0) is 19.7 Å². The van der Waals surface area contributed by atoms with E-state index >= 15 is 0 Å². The Morgan fingerprint density at radius 1 is 0.872 bits per heavy atom. The summed E-state index contributed by atoms with van der Waals surface area (Å²) in [6.45, 7) is 6.26. The van der Waals surface area contributed by atoms with E-state index in [4.69, 9.17) is 4.74 Å². The van der Waals surface area contributed by atoms with Gasteiger partial charge in [0.25, 0.3) is 0 Å². The monoisotopic (exact) mass is 521 g/mol. The molecule has 4 aromatic rings. The average molecular weight is 522 g/mol. The predicted octanol–water partition coefficient (Wildman–Crippen LogP) is 5.40. The van der Waals surface area contributed by atoms with Gasteiger partial charge in [-0.05, 0) is 59.6 Å². The van der Waals surface area contributed by atoms with Crippen LogP contribution < -0.4 is 15.4 Å². The maximum Gasteiger partial charge on any atom is 0.319 e. The van der Waals surface area contributed by atoms with Gasteiger partial charge in [-0.3, -0.25) is 9.88 Å². The number of hydrogen-bond acceptors (Lipinski definition) is 5. The predicted molar refractivity (Wildman–Crippen MR) is 156 cm³/mol. The molecule has 0 saturated carbocycles. The third-order valence-corrected chi connectivity index (χ3v) is 6.91. The van der Waals surface area contributed by atoms with Crippen molar-refractivity contribution in [3.8, 4) is 16.9 Å². The molecule has 0 aliphatic carbocycles. The standard InChI is InChI=1S/C32H35N5O2/c1-36-16-18-37(19-17-36)23-26-6-4-8-28(20-26)30-9-2-3-10-31(30)39-24-25-11-13-29(14-12-25)35-32(38)34-22-27-7-5-15-33-21-27/h2-15,20-21H,16-19,22-24H2,1H3,(H2,34,35,38). The number of para-hydroxylation sites is 1. The highest BCUT2D eigenvalue weighted by molar-refractivity contribution is 5.89. The van der Waals surface area contributed by atoms with Crippen LogP contribution in [0.1, 0.15) is 16.7 Å². The lowest BCUT2D eigenvalue weighted by molar-refractivity contribution is 0.148. The molecule has 200 valence electrons. The molecule has 5 rings (SSSR count). The number of likely N-dealkylation sites (N-methyl/N-ethyl adjacent to an activating group) is 1. The molecule has 7 nitrogen and oxygen atoms in total. The van der Waals surface area contributed by atoms with Crippen molar-refractivity contribution in [2.24, 2.45) is 0 Å². The van der Waals surface area contributed by atoms with Crippen molar-refractivity contribution in [3.63, 3.8) is 0 Å². The van der Waals surface area contributed by atoms with Gasteiger partial charge in [0.2, 0.25) is 0 Å². The zero-order chi connectivity index (χ0) is 26.9. The molecule has 1 aliphatic rings. The zero-order valence-electron chi connectivity index (χ0n) is 22.3. The Morgan fingerprint density at radius 3 is 2.46 bits per heavy atom. The summed E-state index contributed by atoms with van der Waals surface area (Å²) in [4.78, 5) is 21.2. The fraction of sp³-hybridized carbons (Fsp3) is 0.250. The minimum atomic E-state index is -0.258. The van der Waals surface area contributed by atoms with Crippen LogP contribution in [0.15, 0.2) is 97.3 Å². The first-order valence-corrected chi connectivity index (χ1v) is 13.4. The third kappa shape index (κ3) is 7.66. The Hall–Kier alpha value is -4.20. The second-order valence-electron chi connectivity index (χ2n) is 9.93. The van der Waals surface area contributed by atoms with E-state index in [-0.39, 0.29) is 6.03 Å². The normalized spacial score (nSPS) is 14.1. The molecule has 0 unspecified atom stereocenters. The molecule has 7 heteroatoms. The molecule has 39 heavy (non-hydrogen) atoms. The fourth-order valence-corrected chi connectivity index (χ4v) is 4.64. The number of piperazine rings is 1. The van der Waals surface area contributed by atoms with Gasteiger partial charge in [0.05, 0.1) is 0 Å². The Bertz CT molecular complexity index is 1350. The van der Waals surface area contributed by atoms with Crippen LogP contribution >= 0.6 is 0 Å². The first kappa shape index (κ1) is 26.4. The number of nitrogens with zero attached hydrogens (tertiary/aromatic N) is 3. The molecule has 0 radical (unpaired) electrons. The number of carbonyl (C=O) groups excluding carboxylic acids is 1. The van der Waals surface area contributed by atoms with Gasteiger partial charge < -0.3 is 20.3 Å². The van der Waals surface area contributed by atoms with Gasteiger partial charge in [-0.25, -0.2) is 4.79 Å². The van der Waals surface area contributed by atoms with Crippen LogP contribution in [0.4, 0.5) is 10.5 Å². The number of nitrogens with one attached hydrogen (secondary N) is 2. The summed E-state index contributed by atoms with van der Waals surface area (Å²) in [6.07, 6.45) is 3.44. The van der Waals surface area contributed by atoms with Gasteiger partial charge in [0, 0.05) is 62.9 Å². The second-order valence-corrected chi connectivity index (χ2v) is 9.93. The summed E-state index contributed by atoms with van der Waals surface area (Å²) in [5.41, 5.74) is 6.26. The summed E-state index contributed by atoms with van der Waals surface area (Å²) in [7, 11) is 2.19. The molecule has 1 aromatic heterocycles. The number of aromatic nitrogens is 1. The van der Waals surface area contributed by atoms with E-state index in [2.05, 4.69) is 68.9 Å². The van der Waals surface area contributed by atoms with Crippen molar-refractivity contribution in [2.45, 2.75) is 19.7 Å². The second kappa shape index (κ2) is 13.0. The Balaban J connectivity index is 1.16. The number of anilines is 1. The molecular weight excluding hydrogens is 486 g/mol. The van der Waals surface area contributed by atoms with Crippen LogP contribution in [0.5, 0.6) is 5.75 Å². The molecule has 1 aliphatic heterocycles. The largest absolute Gasteiger partial charge is 0.488 e. The summed E-state index contributed by atoms with van der Waals surface area (Å²) >= 11 is 0. The molecule has 1 saturated heterocycles. The summed E-state index contributed by atoms with van der Waals surface area (Å²) in [5, 5.41) is 5.70. The van der Waals surface area contributed by atoms with Crippen molar-refractivity contribution in [2.75, 3.05) is 38.5 Å². The van der Waals surface area contributed by atoms with Gasteiger partial charge in [0.15, 0.2) is 0 Å². The highest BCUT2D eigenvalue weighted by Crippen LogP contribution is 2.31. The third-order valence-electron chi connectivity index (χ3n) is 6.91. The van der Waals surface area contributed by atoms with Crippen LogP contribution in [0.25, 0.3) is 11.1 Å². The lowest BCUT2D eigenvalue weighted by atomic mass is 10.0. The Kier molecular flexibility index (Phi) is 8.83. The molecule has 2 heterocycles. The Labute approximate surface area is 230 Å². The van der Waals surface area contributed by atoms with Gasteiger partial charge in [-0.1, -0.05) is 54.6 Å². The van der Waals surface area contributed by atoms with Gasteiger partial charge in [-0.15, -0.1) is 0 Å². The summed E-state index contributed by atoms with van der Waals surface area (Å²) in [6, 6.07) is 28.2. The molecule has 2 N–H and O–H groups in total. The number of ether oxygens (including phenoxy) is 1. The van der Waals surface area contributed by atoms with Crippen molar-refractivity contribution in [1.29, 1.82) is 0 Å². The maximum absolute atomic E-state index is 12.2. The van der Waals surface area contributed by atoms with E-state index in [0.29, 0.717) is 13.2 Å². The number of urea groups is 1. The maximum atomic E-state index is 12.2. The molecule has 1 fully saturated rings. The minimum Gasteiger partial charge on any atom is -0.488 e. The number of pyridine rings is 1. The molecule has 0 spiro atoms. The van der Waals surface area contributed by atoms with Crippen LogP contribution in [0, 0.1) is 0 Å². The van der Waals surface area contributed by atoms with E-state index in [9.17, 15) is 4.79 Å². The SMILES string of the molecule is CN1CCN(Cc2cccc(-c3ccccc3OCc3ccc(NC(=O)NCc4cccnc4)cc3)c2)CC1. The molecule has 0 bridgehead atoms. The number of rotatable bonds is 9. The lowest BCUT2D eigenvalue weighted by Crippen LogP contribution is -2.43. The highest BCUT2D eigenvalue weighted by Gasteiger charge is 2.14.